The number of piperazine rings is 1. The Bertz CT molecular complexity index is 789. The van der Waals surface area contributed by atoms with Gasteiger partial charge in [-0.05, 0) is 12.1 Å². The van der Waals surface area contributed by atoms with Crippen LogP contribution in [0.4, 0.5) is 17.3 Å². The minimum Gasteiger partial charge on any atom is -0.395 e. The van der Waals surface area contributed by atoms with Crippen LogP contribution in [0.5, 0.6) is 0 Å². The third-order valence-electron chi connectivity index (χ3n) is 4.16. The standard InChI is InChI=1S/C16H19N7O4/c24-8-7-21-3-5-22(6-4-21)15(25)14-2-1-12(9-17-14)20-16-18-10-13(11-19-16)23(26)27/h1-2,9-11,24H,3-8H2,(H,18,19,20). The molecule has 0 aliphatic carbocycles. The number of carbonyl (C=O) groups excluding carboxylic acids is 1. The highest BCUT2D eigenvalue weighted by molar-refractivity contribution is 5.92. The van der Waals surface area contributed by atoms with Gasteiger partial charge in [-0.2, -0.15) is 0 Å². The lowest BCUT2D eigenvalue weighted by Gasteiger charge is -2.34. The molecule has 1 saturated heterocycles. The molecule has 1 amide bonds. The van der Waals surface area contributed by atoms with Crippen LogP contribution in [0.2, 0.25) is 0 Å². The van der Waals surface area contributed by atoms with Crippen molar-refractivity contribution >= 4 is 23.2 Å². The summed E-state index contributed by atoms with van der Waals surface area (Å²) < 4.78 is 0. The second kappa shape index (κ2) is 8.47. The number of aromatic nitrogens is 3. The molecular formula is C16H19N7O4. The topological polar surface area (TPSA) is 138 Å². The van der Waals surface area contributed by atoms with Crippen molar-refractivity contribution in [2.45, 2.75) is 0 Å². The molecule has 0 radical (unpaired) electrons. The lowest BCUT2D eigenvalue weighted by atomic mass is 10.2. The summed E-state index contributed by atoms with van der Waals surface area (Å²) in [6.45, 7) is 3.37. The lowest BCUT2D eigenvalue weighted by molar-refractivity contribution is -0.385. The highest BCUT2D eigenvalue weighted by Crippen LogP contribution is 2.15. The largest absolute Gasteiger partial charge is 0.395 e. The van der Waals surface area contributed by atoms with Crippen LogP contribution in [0.1, 0.15) is 10.5 Å². The van der Waals surface area contributed by atoms with Gasteiger partial charge in [0.2, 0.25) is 5.95 Å². The minimum absolute atomic E-state index is 0.114. The molecule has 1 aliphatic rings. The number of rotatable bonds is 6. The molecule has 0 atom stereocenters. The Morgan fingerprint density at radius 1 is 1.15 bits per heavy atom. The summed E-state index contributed by atoms with van der Waals surface area (Å²) in [6.07, 6.45) is 3.70. The van der Waals surface area contributed by atoms with Gasteiger partial charge in [0, 0.05) is 32.7 Å². The van der Waals surface area contributed by atoms with Crippen LogP contribution in [0, 0.1) is 10.1 Å². The van der Waals surface area contributed by atoms with Gasteiger partial charge in [-0.3, -0.25) is 19.8 Å². The average molecular weight is 373 g/mol. The maximum Gasteiger partial charge on any atom is 0.305 e. The third kappa shape index (κ3) is 4.71. The zero-order chi connectivity index (χ0) is 19.2. The third-order valence-corrected chi connectivity index (χ3v) is 4.16. The second-order valence-corrected chi connectivity index (χ2v) is 5.94. The fourth-order valence-corrected chi connectivity index (χ4v) is 2.68. The summed E-state index contributed by atoms with van der Waals surface area (Å²) in [6, 6.07) is 3.28. The van der Waals surface area contributed by atoms with Crippen LogP contribution >= 0.6 is 0 Å². The van der Waals surface area contributed by atoms with Gasteiger partial charge in [-0.1, -0.05) is 0 Å². The molecule has 3 rings (SSSR count). The first-order valence-electron chi connectivity index (χ1n) is 8.39. The Hall–Kier alpha value is -3.18. The Kier molecular flexibility index (Phi) is 5.84. The minimum atomic E-state index is -0.574. The Morgan fingerprint density at radius 2 is 1.85 bits per heavy atom. The van der Waals surface area contributed by atoms with Crippen LogP contribution in [0.3, 0.4) is 0 Å². The number of nitro groups is 1. The number of aliphatic hydroxyl groups is 1. The normalized spacial score (nSPS) is 14.8. The van der Waals surface area contributed by atoms with Crippen molar-refractivity contribution in [3.05, 3.63) is 46.5 Å². The van der Waals surface area contributed by atoms with Crippen LogP contribution in [0.25, 0.3) is 0 Å². The maximum absolute atomic E-state index is 12.5. The quantitative estimate of drug-likeness (QED) is 0.540. The summed E-state index contributed by atoms with van der Waals surface area (Å²) >= 11 is 0. The monoisotopic (exact) mass is 373 g/mol. The number of nitrogens with one attached hydrogen (secondary N) is 1. The number of hydrogen-bond donors (Lipinski definition) is 2. The first-order valence-corrected chi connectivity index (χ1v) is 8.39. The molecule has 2 aromatic rings. The number of anilines is 2. The van der Waals surface area contributed by atoms with E-state index >= 15 is 0 Å². The number of carbonyl (C=O) groups is 1. The molecule has 3 heterocycles. The molecule has 1 aliphatic heterocycles. The van der Waals surface area contributed by atoms with Crippen molar-refractivity contribution in [1.29, 1.82) is 0 Å². The van der Waals surface area contributed by atoms with E-state index in [0.29, 0.717) is 31.0 Å². The van der Waals surface area contributed by atoms with Crippen LogP contribution in [0.15, 0.2) is 30.7 Å². The Labute approximate surface area is 154 Å². The van der Waals surface area contributed by atoms with Gasteiger partial charge in [0.15, 0.2) is 0 Å². The van der Waals surface area contributed by atoms with Gasteiger partial charge >= 0.3 is 5.69 Å². The molecule has 2 N–H and O–H groups in total. The molecule has 0 bridgehead atoms. The number of hydrogen-bond acceptors (Lipinski definition) is 9. The predicted octanol–water partition coefficient (Wildman–Crippen LogP) is 0.273. The van der Waals surface area contributed by atoms with E-state index in [4.69, 9.17) is 5.11 Å². The van der Waals surface area contributed by atoms with Crippen molar-refractivity contribution in [2.24, 2.45) is 0 Å². The molecule has 0 spiro atoms. The van der Waals surface area contributed by atoms with E-state index in [0.717, 1.165) is 25.5 Å². The molecule has 0 unspecified atom stereocenters. The van der Waals surface area contributed by atoms with Crippen LogP contribution in [-0.4, -0.2) is 80.0 Å². The molecule has 1 fully saturated rings. The molecule has 11 heteroatoms. The van der Waals surface area contributed by atoms with E-state index in [1.54, 1.807) is 17.0 Å². The summed E-state index contributed by atoms with van der Waals surface area (Å²) in [7, 11) is 0. The van der Waals surface area contributed by atoms with Crippen molar-refractivity contribution < 1.29 is 14.8 Å². The van der Waals surface area contributed by atoms with E-state index in [1.807, 2.05) is 0 Å². The maximum atomic E-state index is 12.5. The Balaban J connectivity index is 1.58. The first kappa shape index (κ1) is 18.6. The fourth-order valence-electron chi connectivity index (χ4n) is 2.68. The van der Waals surface area contributed by atoms with Gasteiger partial charge < -0.3 is 15.3 Å². The summed E-state index contributed by atoms with van der Waals surface area (Å²) in [5.41, 5.74) is 0.702. The fraction of sp³-hybridized carbons (Fsp3) is 0.375. The molecular weight excluding hydrogens is 354 g/mol. The number of β-amino-alcohol motifs (C(OH)–C–C–N with tert-alkyl or cyclic N) is 1. The molecule has 0 saturated carbocycles. The number of aliphatic hydroxyl groups excluding tert-OH is 1. The van der Waals surface area contributed by atoms with Crippen LogP contribution < -0.4 is 5.32 Å². The average Bonchev–Trinajstić information content (AvgIpc) is 2.69. The Morgan fingerprint density at radius 3 is 2.41 bits per heavy atom. The molecule has 0 aromatic carbocycles. The van der Waals surface area contributed by atoms with Crippen molar-refractivity contribution in [2.75, 3.05) is 44.6 Å². The molecule has 142 valence electrons. The summed E-state index contributed by atoms with van der Waals surface area (Å²) in [4.78, 5) is 38.3. The van der Waals surface area contributed by atoms with E-state index in [9.17, 15) is 14.9 Å². The number of amides is 1. The van der Waals surface area contributed by atoms with Gasteiger partial charge in [0.1, 0.15) is 18.1 Å². The van der Waals surface area contributed by atoms with Gasteiger partial charge in [0.25, 0.3) is 5.91 Å². The predicted molar refractivity (Wildman–Crippen MR) is 95.6 cm³/mol. The van der Waals surface area contributed by atoms with E-state index in [-0.39, 0.29) is 24.1 Å². The first-order chi connectivity index (χ1) is 13.1. The highest BCUT2D eigenvalue weighted by Gasteiger charge is 2.22. The molecule has 11 nitrogen and oxygen atoms in total. The highest BCUT2D eigenvalue weighted by atomic mass is 16.6. The van der Waals surface area contributed by atoms with Gasteiger partial charge in [-0.15, -0.1) is 0 Å². The van der Waals surface area contributed by atoms with E-state index in [1.165, 1.54) is 6.20 Å². The van der Waals surface area contributed by atoms with Crippen molar-refractivity contribution in [3.8, 4) is 0 Å². The molecule has 27 heavy (non-hydrogen) atoms. The van der Waals surface area contributed by atoms with Crippen molar-refractivity contribution in [3.63, 3.8) is 0 Å². The van der Waals surface area contributed by atoms with Crippen LogP contribution in [-0.2, 0) is 0 Å². The SMILES string of the molecule is O=C(c1ccc(Nc2ncc([N+](=O)[O-])cn2)cn1)N1CCN(CCO)CC1. The zero-order valence-corrected chi connectivity index (χ0v) is 14.5. The van der Waals surface area contributed by atoms with Gasteiger partial charge in [0.05, 0.1) is 23.4 Å². The van der Waals surface area contributed by atoms with E-state index < -0.39 is 4.92 Å². The second-order valence-electron chi connectivity index (χ2n) is 5.94. The smallest absolute Gasteiger partial charge is 0.305 e. The van der Waals surface area contributed by atoms with Crippen molar-refractivity contribution in [1.82, 2.24) is 24.8 Å². The number of nitrogens with zero attached hydrogens (tertiary/aromatic N) is 6. The van der Waals surface area contributed by atoms with Gasteiger partial charge in [-0.25, -0.2) is 15.0 Å². The number of pyridine rings is 1. The lowest BCUT2D eigenvalue weighted by Crippen LogP contribution is -2.49. The molecule has 2 aromatic heterocycles. The van der Waals surface area contributed by atoms with E-state index in [2.05, 4.69) is 25.2 Å². The zero-order valence-electron chi connectivity index (χ0n) is 14.5. The summed E-state index contributed by atoms with van der Waals surface area (Å²) in [5.74, 6) is 0.0540. The summed E-state index contributed by atoms with van der Waals surface area (Å²) in [5, 5.41) is 22.4.